The molecule has 1 saturated heterocycles. The van der Waals surface area contributed by atoms with Crippen molar-refractivity contribution in [3.8, 4) is 0 Å². The van der Waals surface area contributed by atoms with Gasteiger partial charge in [0, 0.05) is 18.7 Å². The first-order valence-corrected chi connectivity index (χ1v) is 8.80. The van der Waals surface area contributed by atoms with Crippen LogP contribution in [0.4, 0.5) is 11.4 Å². The minimum Gasteiger partial charge on any atom is -0.378 e. The van der Waals surface area contributed by atoms with Crippen molar-refractivity contribution in [3.63, 3.8) is 0 Å². The summed E-state index contributed by atoms with van der Waals surface area (Å²) in [6.45, 7) is 8.08. The molecule has 0 aliphatic carbocycles. The van der Waals surface area contributed by atoms with Crippen molar-refractivity contribution < 1.29 is 9.53 Å². The van der Waals surface area contributed by atoms with Crippen LogP contribution < -0.4 is 15.8 Å². The number of hydrogen-bond donors (Lipinski definition) is 1. The molecule has 0 bridgehead atoms. The molecule has 1 aliphatic heterocycles. The SMILES string of the molecule is Cc1ccc(C(=O)Nc2cnn(C(C)C)c(=O)c2N2CCOCC2)cc1. The monoisotopic (exact) mass is 356 g/mol. The van der Waals surface area contributed by atoms with E-state index in [-0.39, 0.29) is 17.5 Å². The Bertz CT molecular complexity index is 837. The third-order valence-corrected chi connectivity index (χ3v) is 4.36. The molecular weight excluding hydrogens is 332 g/mol. The van der Waals surface area contributed by atoms with Crippen molar-refractivity contribution in [3.05, 3.63) is 51.9 Å². The molecule has 2 heterocycles. The van der Waals surface area contributed by atoms with Crippen LogP contribution in [0.15, 0.2) is 35.3 Å². The van der Waals surface area contributed by atoms with E-state index in [0.29, 0.717) is 43.2 Å². The van der Waals surface area contributed by atoms with Crippen LogP contribution in [0.25, 0.3) is 0 Å². The summed E-state index contributed by atoms with van der Waals surface area (Å²) in [5, 5.41) is 7.08. The number of hydrogen-bond acceptors (Lipinski definition) is 5. The molecule has 1 fully saturated rings. The maximum absolute atomic E-state index is 13.0. The van der Waals surface area contributed by atoms with Gasteiger partial charge in [0.15, 0.2) is 0 Å². The van der Waals surface area contributed by atoms with Crippen LogP contribution in [0.1, 0.15) is 35.8 Å². The van der Waals surface area contributed by atoms with Crippen LogP contribution in [0.3, 0.4) is 0 Å². The molecule has 0 unspecified atom stereocenters. The Morgan fingerprint density at radius 2 is 1.85 bits per heavy atom. The summed E-state index contributed by atoms with van der Waals surface area (Å²) in [4.78, 5) is 27.5. The average Bonchev–Trinajstić information content (AvgIpc) is 2.63. The van der Waals surface area contributed by atoms with Crippen LogP contribution in [0, 0.1) is 6.92 Å². The van der Waals surface area contributed by atoms with Gasteiger partial charge in [-0.2, -0.15) is 5.10 Å². The van der Waals surface area contributed by atoms with E-state index in [4.69, 9.17) is 4.74 Å². The summed E-state index contributed by atoms with van der Waals surface area (Å²) in [6.07, 6.45) is 1.55. The Morgan fingerprint density at radius 3 is 2.46 bits per heavy atom. The molecule has 2 aromatic rings. The number of amides is 1. The van der Waals surface area contributed by atoms with E-state index in [9.17, 15) is 9.59 Å². The van der Waals surface area contributed by atoms with E-state index in [1.807, 2.05) is 37.8 Å². The predicted molar refractivity (Wildman–Crippen MR) is 101 cm³/mol. The minimum absolute atomic E-state index is 0.0656. The summed E-state index contributed by atoms with van der Waals surface area (Å²) in [5.74, 6) is -0.261. The molecule has 1 N–H and O–H groups in total. The summed E-state index contributed by atoms with van der Waals surface area (Å²) in [6, 6.07) is 7.23. The van der Waals surface area contributed by atoms with Gasteiger partial charge in [0.1, 0.15) is 5.69 Å². The largest absolute Gasteiger partial charge is 0.378 e. The second-order valence-electron chi connectivity index (χ2n) is 6.67. The topological polar surface area (TPSA) is 76.5 Å². The van der Waals surface area contributed by atoms with E-state index in [2.05, 4.69) is 10.4 Å². The number of aryl methyl sites for hydroxylation is 1. The summed E-state index contributed by atoms with van der Waals surface area (Å²) in [7, 11) is 0. The molecule has 1 aromatic carbocycles. The number of anilines is 2. The molecule has 1 aromatic heterocycles. The van der Waals surface area contributed by atoms with Gasteiger partial charge in [-0.1, -0.05) is 17.7 Å². The van der Waals surface area contributed by atoms with Gasteiger partial charge < -0.3 is 15.0 Å². The highest BCUT2D eigenvalue weighted by molar-refractivity contribution is 6.05. The molecule has 0 atom stereocenters. The summed E-state index contributed by atoms with van der Waals surface area (Å²) in [5.41, 5.74) is 2.31. The molecule has 0 spiro atoms. The quantitative estimate of drug-likeness (QED) is 0.909. The Labute approximate surface area is 152 Å². The lowest BCUT2D eigenvalue weighted by Gasteiger charge is -2.30. The van der Waals surface area contributed by atoms with Crippen molar-refractivity contribution in [1.29, 1.82) is 0 Å². The lowest BCUT2D eigenvalue weighted by molar-refractivity contribution is 0.102. The number of aromatic nitrogens is 2. The zero-order valence-electron chi connectivity index (χ0n) is 15.4. The highest BCUT2D eigenvalue weighted by Crippen LogP contribution is 2.23. The third kappa shape index (κ3) is 3.77. The summed E-state index contributed by atoms with van der Waals surface area (Å²) < 4.78 is 6.82. The van der Waals surface area contributed by atoms with Crippen LogP contribution >= 0.6 is 0 Å². The Kier molecular flexibility index (Phi) is 5.37. The predicted octanol–water partition coefficient (Wildman–Crippen LogP) is 2.22. The number of benzene rings is 1. The molecule has 7 nitrogen and oxygen atoms in total. The smallest absolute Gasteiger partial charge is 0.292 e. The summed E-state index contributed by atoms with van der Waals surface area (Å²) >= 11 is 0. The fraction of sp³-hybridized carbons (Fsp3) is 0.421. The van der Waals surface area contributed by atoms with Crippen LogP contribution in [0.2, 0.25) is 0 Å². The van der Waals surface area contributed by atoms with Gasteiger partial charge in [-0.05, 0) is 32.9 Å². The molecule has 3 rings (SSSR count). The molecule has 0 saturated carbocycles. The standard InChI is InChI=1S/C19H24N4O3/c1-13(2)23-19(25)17(22-8-10-26-11-9-22)16(12-20-23)21-18(24)15-6-4-14(3)5-7-15/h4-7,12-13H,8-11H2,1-3H3,(H,21,24). The van der Waals surface area contributed by atoms with E-state index in [1.165, 1.54) is 4.68 Å². The van der Waals surface area contributed by atoms with Gasteiger partial charge >= 0.3 is 0 Å². The lowest BCUT2D eigenvalue weighted by atomic mass is 10.1. The lowest BCUT2D eigenvalue weighted by Crippen LogP contribution is -2.42. The first-order chi connectivity index (χ1) is 12.5. The molecule has 26 heavy (non-hydrogen) atoms. The molecule has 138 valence electrons. The molecule has 7 heteroatoms. The van der Waals surface area contributed by atoms with Gasteiger partial charge in [-0.15, -0.1) is 0 Å². The molecule has 0 radical (unpaired) electrons. The average molecular weight is 356 g/mol. The van der Waals surface area contributed by atoms with Crippen LogP contribution in [0.5, 0.6) is 0 Å². The van der Waals surface area contributed by atoms with E-state index >= 15 is 0 Å². The van der Waals surface area contributed by atoms with E-state index in [1.54, 1.807) is 18.3 Å². The highest BCUT2D eigenvalue weighted by atomic mass is 16.5. The Morgan fingerprint density at radius 1 is 1.19 bits per heavy atom. The zero-order valence-corrected chi connectivity index (χ0v) is 15.4. The maximum Gasteiger partial charge on any atom is 0.292 e. The fourth-order valence-electron chi connectivity index (χ4n) is 2.91. The molecule has 1 amide bonds. The van der Waals surface area contributed by atoms with Crippen molar-refractivity contribution in [2.24, 2.45) is 0 Å². The highest BCUT2D eigenvalue weighted by Gasteiger charge is 2.22. The molecular formula is C19H24N4O3. The third-order valence-electron chi connectivity index (χ3n) is 4.36. The molecule has 1 aliphatic rings. The number of nitrogens with one attached hydrogen (secondary N) is 1. The normalized spacial score (nSPS) is 14.5. The van der Waals surface area contributed by atoms with Gasteiger partial charge in [0.2, 0.25) is 0 Å². The van der Waals surface area contributed by atoms with E-state index in [0.717, 1.165) is 5.56 Å². The number of carbonyl (C=O) groups excluding carboxylic acids is 1. The van der Waals surface area contributed by atoms with Gasteiger partial charge in [0.25, 0.3) is 11.5 Å². The van der Waals surface area contributed by atoms with Crippen molar-refractivity contribution in [2.75, 3.05) is 36.5 Å². The van der Waals surface area contributed by atoms with Crippen LogP contribution in [-0.2, 0) is 4.74 Å². The minimum atomic E-state index is -0.261. The number of carbonyl (C=O) groups is 1. The van der Waals surface area contributed by atoms with Gasteiger partial charge in [-0.3, -0.25) is 9.59 Å². The zero-order chi connectivity index (χ0) is 18.7. The van der Waals surface area contributed by atoms with Crippen molar-refractivity contribution >= 4 is 17.3 Å². The first-order valence-electron chi connectivity index (χ1n) is 8.80. The number of morpholine rings is 1. The van der Waals surface area contributed by atoms with Crippen molar-refractivity contribution in [2.45, 2.75) is 26.8 Å². The van der Waals surface area contributed by atoms with Crippen LogP contribution in [-0.4, -0.2) is 42.0 Å². The maximum atomic E-state index is 13.0. The van der Waals surface area contributed by atoms with E-state index < -0.39 is 0 Å². The Hall–Kier alpha value is -2.67. The van der Waals surface area contributed by atoms with Crippen molar-refractivity contribution in [1.82, 2.24) is 9.78 Å². The fourth-order valence-corrected chi connectivity index (χ4v) is 2.91. The second-order valence-corrected chi connectivity index (χ2v) is 6.67. The second kappa shape index (κ2) is 7.70. The number of nitrogens with zero attached hydrogens (tertiary/aromatic N) is 3. The van der Waals surface area contributed by atoms with Gasteiger partial charge in [0.05, 0.1) is 31.1 Å². The Balaban J connectivity index is 1.97. The number of rotatable bonds is 4. The first kappa shape index (κ1) is 18.1. The number of ether oxygens (including phenoxy) is 1. The van der Waals surface area contributed by atoms with Gasteiger partial charge in [-0.25, -0.2) is 4.68 Å².